The van der Waals surface area contributed by atoms with Crippen LogP contribution in [0.4, 0.5) is 4.39 Å². The molecule has 1 amide bonds. The Balaban J connectivity index is 1.39. The van der Waals surface area contributed by atoms with Crippen molar-refractivity contribution in [2.45, 2.75) is 31.4 Å². The zero-order valence-corrected chi connectivity index (χ0v) is 13.1. The van der Waals surface area contributed by atoms with Crippen LogP contribution in [0.1, 0.15) is 36.3 Å². The summed E-state index contributed by atoms with van der Waals surface area (Å²) in [6, 6.07) is 6.18. The molecular weight excluding hydrogens is 313 g/mol. The maximum absolute atomic E-state index is 13.0. The van der Waals surface area contributed by atoms with Gasteiger partial charge in [-0.25, -0.2) is 4.39 Å². The van der Waals surface area contributed by atoms with Gasteiger partial charge in [0.15, 0.2) is 5.82 Å². The van der Waals surface area contributed by atoms with Crippen molar-refractivity contribution in [3.8, 4) is 0 Å². The van der Waals surface area contributed by atoms with Gasteiger partial charge < -0.3 is 9.64 Å². The standard InChI is InChI=1S/C16H18FN5O2/c17-13-5-3-11(4-6-13)14-9-21(7-8-24-14)15(23)10-22-19-16(18-20-22)12-1-2-12/h3-6,12,14H,1-2,7-10H2/t14-/m0/s1. The Morgan fingerprint density at radius 2 is 2.08 bits per heavy atom. The van der Waals surface area contributed by atoms with Gasteiger partial charge in [0.25, 0.3) is 0 Å². The molecule has 2 fully saturated rings. The molecule has 2 heterocycles. The molecule has 1 saturated carbocycles. The predicted molar refractivity (Wildman–Crippen MR) is 81.5 cm³/mol. The molecule has 0 N–H and O–H groups in total. The van der Waals surface area contributed by atoms with Gasteiger partial charge in [0.2, 0.25) is 5.91 Å². The highest BCUT2D eigenvalue weighted by Gasteiger charge is 2.29. The van der Waals surface area contributed by atoms with Gasteiger partial charge in [-0.3, -0.25) is 4.79 Å². The minimum absolute atomic E-state index is 0.0647. The number of halogens is 1. The molecule has 4 rings (SSSR count). The quantitative estimate of drug-likeness (QED) is 0.844. The van der Waals surface area contributed by atoms with Gasteiger partial charge in [-0.1, -0.05) is 12.1 Å². The monoisotopic (exact) mass is 331 g/mol. The number of nitrogens with zero attached hydrogens (tertiary/aromatic N) is 5. The Morgan fingerprint density at radius 1 is 1.29 bits per heavy atom. The number of hydrogen-bond acceptors (Lipinski definition) is 5. The fourth-order valence-corrected chi connectivity index (χ4v) is 2.80. The van der Waals surface area contributed by atoms with Crippen LogP contribution in [0.2, 0.25) is 0 Å². The maximum Gasteiger partial charge on any atom is 0.246 e. The first kappa shape index (κ1) is 15.2. The summed E-state index contributed by atoms with van der Waals surface area (Å²) in [6.07, 6.45) is 1.96. The van der Waals surface area contributed by atoms with Crippen LogP contribution in [0, 0.1) is 5.82 Å². The van der Waals surface area contributed by atoms with Crippen molar-refractivity contribution in [1.29, 1.82) is 0 Å². The summed E-state index contributed by atoms with van der Waals surface area (Å²) in [4.78, 5) is 15.6. The predicted octanol–water partition coefficient (Wildman–Crippen LogP) is 1.29. The van der Waals surface area contributed by atoms with E-state index in [1.165, 1.54) is 16.9 Å². The molecule has 24 heavy (non-hydrogen) atoms. The normalized spacial score (nSPS) is 21.0. The van der Waals surface area contributed by atoms with Crippen molar-refractivity contribution in [3.63, 3.8) is 0 Å². The van der Waals surface area contributed by atoms with E-state index in [9.17, 15) is 9.18 Å². The average Bonchev–Trinajstić information content (AvgIpc) is 3.35. The molecule has 1 atom stereocenters. The number of aromatic nitrogens is 4. The fourth-order valence-electron chi connectivity index (χ4n) is 2.80. The molecule has 1 aromatic heterocycles. The first-order valence-electron chi connectivity index (χ1n) is 8.11. The molecule has 0 spiro atoms. The lowest BCUT2D eigenvalue weighted by atomic mass is 10.1. The van der Waals surface area contributed by atoms with Crippen LogP contribution in [0.15, 0.2) is 24.3 Å². The molecular formula is C16H18FN5O2. The number of carbonyl (C=O) groups excluding carboxylic acids is 1. The van der Waals surface area contributed by atoms with Crippen molar-refractivity contribution in [3.05, 3.63) is 41.5 Å². The number of carbonyl (C=O) groups is 1. The van der Waals surface area contributed by atoms with E-state index in [2.05, 4.69) is 15.4 Å². The molecule has 0 bridgehead atoms. The van der Waals surface area contributed by atoms with Crippen LogP contribution in [-0.4, -0.2) is 50.7 Å². The molecule has 0 unspecified atom stereocenters. The molecule has 7 nitrogen and oxygen atoms in total. The fraction of sp³-hybridized carbons (Fsp3) is 0.500. The summed E-state index contributed by atoms with van der Waals surface area (Å²) in [5.41, 5.74) is 0.865. The Hall–Kier alpha value is -2.35. The summed E-state index contributed by atoms with van der Waals surface area (Å²) in [6.45, 7) is 1.50. The molecule has 1 aromatic carbocycles. The van der Waals surface area contributed by atoms with Gasteiger partial charge in [-0.05, 0) is 35.8 Å². The molecule has 0 radical (unpaired) electrons. The van der Waals surface area contributed by atoms with E-state index in [0.717, 1.165) is 24.2 Å². The van der Waals surface area contributed by atoms with Gasteiger partial charge in [0.1, 0.15) is 18.5 Å². The van der Waals surface area contributed by atoms with E-state index < -0.39 is 0 Å². The highest BCUT2D eigenvalue weighted by molar-refractivity contribution is 5.75. The largest absolute Gasteiger partial charge is 0.370 e. The van der Waals surface area contributed by atoms with Gasteiger partial charge in [0, 0.05) is 12.5 Å². The lowest BCUT2D eigenvalue weighted by molar-refractivity contribution is -0.140. The van der Waals surface area contributed by atoms with Gasteiger partial charge in [0.05, 0.1) is 13.2 Å². The Labute approximate surface area is 138 Å². The van der Waals surface area contributed by atoms with Crippen molar-refractivity contribution in [2.75, 3.05) is 19.7 Å². The maximum atomic E-state index is 13.0. The molecule has 1 saturated heterocycles. The first-order valence-corrected chi connectivity index (χ1v) is 8.11. The number of morpholine rings is 1. The molecule has 1 aliphatic heterocycles. The summed E-state index contributed by atoms with van der Waals surface area (Å²) in [5.74, 6) is 0.797. The van der Waals surface area contributed by atoms with Crippen LogP contribution in [0.3, 0.4) is 0 Å². The third-order valence-corrected chi connectivity index (χ3v) is 4.35. The highest BCUT2D eigenvalue weighted by atomic mass is 19.1. The molecule has 1 aliphatic carbocycles. The molecule has 2 aromatic rings. The van der Waals surface area contributed by atoms with E-state index in [0.29, 0.717) is 25.6 Å². The lowest BCUT2D eigenvalue weighted by Gasteiger charge is -2.33. The Morgan fingerprint density at radius 3 is 2.83 bits per heavy atom. The van der Waals surface area contributed by atoms with Crippen molar-refractivity contribution in [2.24, 2.45) is 0 Å². The SMILES string of the molecule is O=C(Cn1nnc(C2CC2)n1)N1CCO[C@H](c2ccc(F)cc2)C1. The van der Waals surface area contributed by atoms with E-state index in [1.54, 1.807) is 17.0 Å². The van der Waals surface area contributed by atoms with Gasteiger partial charge in [-0.2, -0.15) is 4.80 Å². The van der Waals surface area contributed by atoms with Crippen molar-refractivity contribution < 1.29 is 13.9 Å². The highest BCUT2D eigenvalue weighted by Crippen LogP contribution is 2.37. The summed E-state index contributed by atoms with van der Waals surface area (Å²) in [5, 5.41) is 12.2. The Kier molecular flexibility index (Phi) is 3.97. The van der Waals surface area contributed by atoms with Crippen LogP contribution in [-0.2, 0) is 16.1 Å². The molecule has 126 valence electrons. The first-order chi connectivity index (χ1) is 11.7. The van der Waals surface area contributed by atoms with E-state index in [-0.39, 0.29) is 24.4 Å². The van der Waals surface area contributed by atoms with E-state index in [4.69, 9.17) is 4.74 Å². The summed E-state index contributed by atoms with van der Waals surface area (Å²) >= 11 is 0. The van der Waals surface area contributed by atoms with Crippen molar-refractivity contribution in [1.82, 2.24) is 25.1 Å². The minimum atomic E-state index is -0.286. The lowest BCUT2D eigenvalue weighted by Crippen LogP contribution is -2.43. The summed E-state index contributed by atoms with van der Waals surface area (Å²) < 4.78 is 18.7. The van der Waals surface area contributed by atoms with Crippen molar-refractivity contribution >= 4 is 5.91 Å². The minimum Gasteiger partial charge on any atom is -0.370 e. The topological polar surface area (TPSA) is 73.1 Å². The average molecular weight is 331 g/mol. The van der Waals surface area contributed by atoms with Crippen LogP contribution in [0.5, 0.6) is 0 Å². The van der Waals surface area contributed by atoms with E-state index >= 15 is 0 Å². The van der Waals surface area contributed by atoms with Gasteiger partial charge in [-0.15, -0.1) is 10.2 Å². The molecule has 8 heteroatoms. The van der Waals surface area contributed by atoms with Crippen LogP contribution < -0.4 is 0 Å². The van der Waals surface area contributed by atoms with Crippen LogP contribution in [0.25, 0.3) is 0 Å². The zero-order chi connectivity index (χ0) is 16.5. The zero-order valence-electron chi connectivity index (χ0n) is 13.1. The van der Waals surface area contributed by atoms with Gasteiger partial charge >= 0.3 is 0 Å². The number of benzene rings is 1. The number of ether oxygens (including phenoxy) is 1. The number of tetrazole rings is 1. The van der Waals surface area contributed by atoms with Crippen LogP contribution >= 0.6 is 0 Å². The second-order valence-electron chi connectivity index (χ2n) is 6.20. The Bertz CT molecular complexity index is 728. The number of hydrogen-bond donors (Lipinski definition) is 0. The third-order valence-electron chi connectivity index (χ3n) is 4.35. The second-order valence-corrected chi connectivity index (χ2v) is 6.20. The third kappa shape index (κ3) is 3.28. The summed E-state index contributed by atoms with van der Waals surface area (Å²) in [7, 11) is 0. The smallest absolute Gasteiger partial charge is 0.246 e. The second kappa shape index (κ2) is 6.27. The van der Waals surface area contributed by atoms with E-state index in [1.807, 2.05) is 0 Å². The molecule has 2 aliphatic rings. The number of amides is 1. The number of rotatable bonds is 4.